The molecular formula is C46H63BN12O16S2. The zero-order valence-electron chi connectivity index (χ0n) is 42.3. The number of aliphatic carboxylic acids is 2. The Kier molecular flexibility index (Phi) is 24.8. The van der Waals surface area contributed by atoms with Crippen LogP contribution in [0.15, 0.2) is 59.1 Å². The molecule has 0 aliphatic rings. The molecule has 4 aromatic rings. The van der Waals surface area contributed by atoms with Crippen LogP contribution in [0.3, 0.4) is 0 Å². The minimum Gasteiger partial charge on any atom is -0.508 e. The Hall–Kier alpha value is -7.61. The maximum absolute atomic E-state index is 13.4. The minimum absolute atomic E-state index is 0.0101. The number of primary sulfonamides is 1. The summed E-state index contributed by atoms with van der Waals surface area (Å²) in [6, 6.07) is 7.67. The van der Waals surface area contributed by atoms with Crippen molar-refractivity contribution in [3.63, 3.8) is 0 Å². The number of sulfonamides is 1. The summed E-state index contributed by atoms with van der Waals surface area (Å²) in [5.41, 5.74) is 1.11. The first-order valence-corrected chi connectivity index (χ1v) is 26.5. The summed E-state index contributed by atoms with van der Waals surface area (Å²) < 4.78 is 34.7. The van der Waals surface area contributed by atoms with Crippen LogP contribution in [0.1, 0.15) is 88.0 Å². The number of aryl methyl sites for hydroxylation is 2. The molecule has 3 atom stereocenters. The zero-order valence-corrected chi connectivity index (χ0v) is 43.9. The number of nitrogens with zero attached hydrogens (tertiary/aromatic N) is 5. The highest BCUT2D eigenvalue weighted by Gasteiger charge is 2.33. The van der Waals surface area contributed by atoms with Gasteiger partial charge in [-0.1, -0.05) is 47.7 Å². The van der Waals surface area contributed by atoms with Crippen molar-refractivity contribution in [3.05, 3.63) is 71.5 Å². The van der Waals surface area contributed by atoms with Crippen molar-refractivity contribution >= 4 is 81.9 Å². The molecule has 418 valence electrons. The second-order valence-corrected chi connectivity index (χ2v) is 20.3. The van der Waals surface area contributed by atoms with Gasteiger partial charge in [0, 0.05) is 44.0 Å². The van der Waals surface area contributed by atoms with Gasteiger partial charge in [-0.2, -0.15) is 0 Å². The fourth-order valence-electron chi connectivity index (χ4n) is 7.44. The molecule has 4 rings (SSSR count). The molecule has 0 aliphatic heterocycles. The van der Waals surface area contributed by atoms with Gasteiger partial charge in [0.05, 0.1) is 45.0 Å². The minimum atomic E-state index is -4.06. The van der Waals surface area contributed by atoms with Crippen molar-refractivity contribution in [2.24, 2.45) is 5.14 Å². The summed E-state index contributed by atoms with van der Waals surface area (Å²) in [5, 5.41) is 74.4. The monoisotopic (exact) mass is 1110 g/mol. The van der Waals surface area contributed by atoms with E-state index in [0.717, 1.165) is 0 Å². The van der Waals surface area contributed by atoms with Crippen molar-refractivity contribution in [1.29, 1.82) is 0 Å². The molecule has 77 heavy (non-hydrogen) atoms. The summed E-state index contributed by atoms with van der Waals surface area (Å²) in [4.78, 5) is 101. The summed E-state index contributed by atoms with van der Waals surface area (Å²) in [7, 11) is -2.56. The number of phenolic OH excluding ortho intramolecular Hbond substituents is 2. The maximum Gasteiger partial charge on any atom is 0.326 e. The van der Waals surface area contributed by atoms with E-state index < -0.39 is 92.2 Å². The Labute approximate surface area is 447 Å². The van der Waals surface area contributed by atoms with E-state index in [1.54, 1.807) is 35.1 Å². The van der Waals surface area contributed by atoms with Gasteiger partial charge in [-0.15, -0.1) is 15.3 Å². The number of carboxylic acid groups (broad SMARTS) is 2. The Morgan fingerprint density at radius 2 is 1.29 bits per heavy atom. The highest BCUT2D eigenvalue weighted by atomic mass is 32.2. The number of hydrogen-bond donors (Lipinski definition) is 11. The fourth-order valence-corrected chi connectivity index (χ4v) is 8.79. The van der Waals surface area contributed by atoms with Gasteiger partial charge in [-0.3, -0.25) is 33.4 Å². The maximum atomic E-state index is 13.4. The highest BCUT2D eigenvalue weighted by molar-refractivity contribution is 7.91. The number of ether oxygens (including phenoxy) is 2. The van der Waals surface area contributed by atoms with Gasteiger partial charge >= 0.3 is 11.9 Å². The Morgan fingerprint density at radius 1 is 0.714 bits per heavy atom. The third-order valence-corrected chi connectivity index (χ3v) is 13.8. The quantitative estimate of drug-likeness (QED) is 0.0145. The van der Waals surface area contributed by atoms with E-state index in [9.17, 15) is 67.2 Å². The van der Waals surface area contributed by atoms with Crippen molar-refractivity contribution in [2.45, 2.75) is 112 Å². The Morgan fingerprint density at radius 3 is 1.84 bits per heavy atom. The van der Waals surface area contributed by atoms with Crippen LogP contribution in [0.5, 0.6) is 11.5 Å². The number of nitrogens with one attached hydrogen (secondary N) is 6. The van der Waals surface area contributed by atoms with E-state index in [0.29, 0.717) is 60.4 Å². The van der Waals surface area contributed by atoms with E-state index in [1.807, 2.05) is 6.92 Å². The van der Waals surface area contributed by atoms with Crippen LogP contribution in [0.4, 0.5) is 5.13 Å². The summed E-state index contributed by atoms with van der Waals surface area (Å²) in [5.74, 6) is -7.27. The number of rotatable bonds is 35. The van der Waals surface area contributed by atoms with Crippen molar-refractivity contribution in [3.8, 4) is 11.5 Å². The third kappa shape index (κ3) is 21.9. The van der Waals surface area contributed by atoms with Crippen LogP contribution >= 0.6 is 11.3 Å². The molecule has 31 heteroatoms. The summed E-state index contributed by atoms with van der Waals surface area (Å²) >= 11 is 0.614. The SMILES string of the molecule is BNC(=O)CCOCCOCCNC(=O)[C@H](CCCCn1cc(CCCC(=O)Nc2nnc(S(N)(=O)=O)s2)nn1)NC(=O)C[C@H](NC(=O)C[C@H](NC(=O)CCC(C)(c1ccc(O)cc1)c1ccc(O)cc1)C(=O)O)C(=O)O. The lowest BCUT2D eigenvalue weighted by Gasteiger charge is -2.31. The molecule has 0 aliphatic carbocycles. The number of carbonyl (C=O) groups excluding carboxylic acids is 6. The molecule has 2 aromatic carbocycles. The number of anilines is 1. The van der Waals surface area contributed by atoms with E-state index in [4.69, 9.17) is 14.6 Å². The van der Waals surface area contributed by atoms with Gasteiger partial charge < -0.3 is 61.7 Å². The number of benzene rings is 2. The third-order valence-electron chi connectivity index (χ3n) is 11.7. The Bertz CT molecular complexity index is 2700. The molecule has 0 saturated carbocycles. The van der Waals surface area contributed by atoms with Crippen molar-refractivity contribution < 1.29 is 76.7 Å². The normalized spacial score (nSPS) is 12.6. The van der Waals surface area contributed by atoms with Gasteiger partial charge in [0.15, 0.2) is 0 Å². The average molecular weight is 1120 g/mol. The van der Waals surface area contributed by atoms with Gasteiger partial charge in [-0.25, -0.2) is 23.1 Å². The number of aromatic hydroxyl groups is 2. The van der Waals surface area contributed by atoms with Gasteiger partial charge in [0.25, 0.3) is 10.0 Å². The first-order chi connectivity index (χ1) is 36.6. The summed E-state index contributed by atoms with van der Waals surface area (Å²) in [6.45, 7) is 2.76. The molecule has 2 heterocycles. The lowest BCUT2D eigenvalue weighted by molar-refractivity contribution is -0.145. The van der Waals surface area contributed by atoms with Crippen LogP contribution in [-0.4, -0.2) is 160 Å². The average Bonchev–Trinajstić information content (AvgIpc) is 4.06. The number of amides is 6. The molecule has 0 radical (unpaired) electrons. The molecular weight excluding hydrogens is 1050 g/mol. The molecule has 12 N–H and O–H groups in total. The largest absolute Gasteiger partial charge is 0.508 e. The predicted octanol–water partition coefficient (Wildman–Crippen LogP) is -1.29. The van der Waals surface area contributed by atoms with E-state index in [1.165, 1.54) is 32.2 Å². The fraction of sp³-hybridized carbons (Fsp3) is 0.478. The topological polar surface area (TPSA) is 425 Å². The number of hydrogen-bond acceptors (Lipinski definition) is 19. The standard InChI is InChI=1S/C46H63BN12O16S2/c1-46(28-8-12-31(60)13-9-28,29-10-14-32(61)15-11-29)18-16-37(63)51-34(42(68)69)25-40(66)52-35(43(70)71)26-39(65)50-33(41(67)49-19-22-75-24-23-74-21-17-38(64)54-47)6-2-3-20-59-27-30(55-58-59)5-4-7-36(62)53-44-56-57-45(76-44)77(48,72)73/h8-15,27,33-35,60-61H,2-7,16-26,47H2,1H3,(H,49,67)(H,50,65)(H,51,63)(H,52,66)(H,54,64)(H,68,69)(H,70,71)(H2,48,72,73)(H,53,56,62)/t33-,34-,35-/m0/s1. The molecule has 28 nitrogen and oxygen atoms in total. The van der Waals surface area contributed by atoms with Crippen molar-refractivity contribution in [2.75, 3.05) is 38.3 Å². The van der Waals surface area contributed by atoms with Gasteiger partial charge in [0.1, 0.15) is 29.6 Å². The van der Waals surface area contributed by atoms with Crippen LogP contribution in [-0.2, 0) is 76.2 Å². The molecule has 2 aromatic heterocycles. The molecule has 0 fully saturated rings. The van der Waals surface area contributed by atoms with Crippen molar-refractivity contribution in [1.82, 2.24) is 51.7 Å². The highest BCUT2D eigenvalue weighted by Crippen LogP contribution is 2.38. The number of phenols is 2. The molecule has 6 amide bonds. The number of nitrogens with two attached hydrogens (primary N) is 1. The Balaban J connectivity index is 1.30. The second kappa shape index (κ2) is 30.8. The number of aromatic nitrogens is 5. The van der Waals surface area contributed by atoms with Crippen LogP contribution in [0.25, 0.3) is 0 Å². The molecule has 0 unspecified atom stereocenters. The van der Waals surface area contributed by atoms with E-state index in [-0.39, 0.29) is 87.6 Å². The van der Waals surface area contributed by atoms with E-state index >= 15 is 0 Å². The summed E-state index contributed by atoms with van der Waals surface area (Å²) in [6.07, 6.45) is 1.57. The number of unbranched alkanes of at least 4 members (excludes halogenated alkanes) is 1. The first-order valence-electron chi connectivity index (χ1n) is 24.2. The predicted molar refractivity (Wildman–Crippen MR) is 275 cm³/mol. The molecule has 0 spiro atoms. The lowest BCUT2D eigenvalue weighted by Crippen LogP contribution is -2.51. The molecule has 0 saturated heterocycles. The van der Waals surface area contributed by atoms with Crippen LogP contribution in [0.2, 0.25) is 0 Å². The smallest absolute Gasteiger partial charge is 0.326 e. The van der Waals surface area contributed by atoms with Crippen LogP contribution in [0, 0.1) is 0 Å². The van der Waals surface area contributed by atoms with Gasteiger partial charge in [-0.05, 0) is 73.9 Å². The second-order valence-electron chi connectivity index (χ2n) is 17.6. The molecule has 0 bridgehead atoms. The number of carbonyl (C=O) groups is 8. The van der Waals surface area contributed by atoms with Crippen LogP contribution < -0.4 is 37.0 Å². The first kappa shape index (κ1) is 61.9. The lowest BCUT2D eigenvalue weighted by atomic mass is 9.73. The van der Waals surface area contributed by atoms with E-state index in [2.05, 4.69) is 52.3 Å². The number of carboxylic acids is 2. The zero-order chi connectivity index (χ0) is 56.5. The van der Waals surface area contributed by atoms with Gasteiger partial charge in [0.2, 0.25) is 52.9 Å².